The number of alkyl halides is 1. The minimum atomic E-state index is -2.84. The molecule has 6 nitrogen and oxygen atoms in total. The van der Waals surface area contributed by atoms with Gasteiger partial charge in [-0.2, -0.15) is 0 Å². The first-order valence-electron chi connectivity index (χ1n) is 4.94. The summed E-state index contributed by atoms with van der Waals surface area (Å²) in [5.74, 6) is 0.948. The Morgan fingerprint density at radius 3 is 2.62 bits per heavy atom. The van der Waals surface area contributed by atoms with Crippen LogP contribution in [0.4, 0.5) is 6.01 Å². The molecule has 0 aromatic carbocycles. The van der Waals surface area contributed by atoms with E-state index in [2.05, 4.69) is 15.5 Å². The van der Waals surface area contributed by atoms with Crippen molar-refractivity contribution in [1.82, 2.24) is 10.2 Å². The van der Waals surface area contributed by atoms with Gasteiger partial charge in [0.15, 0.2) is 0 Å². The molecule has 0 unspecified atom stereocenters. The van der Waals surface area contributed by atoms with Crippen LogP contribution in [0.2, 0.25) is 0 Å². The monoisotopic (exact) mass is 265 g/mol. The summed E-state index contributed by atoms with van der Waals surface area (Å²) in [7, 11) is -2.84. The quantitative estimate of drug-likeness (QED) is 0.814. The number of rotatable bonds is 3. The number of halogens is 1. The van der Waals surface area contributed by atoms with Gasteiger partial charge in [0.25, 0.3) is 0 Å². The molecule has 1 aromatic heterocycles. The van der Waals surface area contributed by atoms with Gasteiger partial charge in [0.2, 0.25) is 5.89 Å². The average molecular weight is 266 g/mol. The van der Waals surface area contributed by atoms with Crippen molar-refractivity contribution in [3.8, 4) is 0 Å². The summed E-state index contributed by atoms with van der Waals surface area (Å²) in [6.45, 7) is 0. The molecule has 1 saturated heterocycles. The van der Waals surface area contributed by atoms with Crippen LogP contribution in [0.15, 0.2) is 4.42 Å². The molecular formula is C8H12ClN3O3S. The fourth-order valence-corrected chi connectivity index (χ4v) is 3.17. The predicted octanol–water partition coefficient (Wildman–Crippen LogP) is 0.797. The Labute approximate surface area is 98.3 Å². The lowest BCUT2D eigenvalue weighted by Gasteiger charge is -2.21. The van der Waals surface area contributed by atoms with E-state index in [1.54, 1.807) is 0 Å². The maximum absolute atomic E-state index is 11.2. The summed E-state index contributed by atoms with van der Waals surface area (Å²) in [6.07, 6.45) is 1.14. The lowest BCUT2D eigenvalue weighted by molar-refractivity contribution is 0.505. The first-order chi connectivity index (χ1) is 7.59. The van der Waals surface area contributed by atoms with E-state index in [4.69, 9.17) is 16.0 Å². The number of aromatic nitrogens is 2. The van der Waals surface area contributed by atoms with Crippen LogP contribution in [0, 0.1) is 0 Å². The molecule has 0 atom stereocenters. The van der Waals surface area contributed by atoms with Crippen LogP contribution in [0.1, 0.15) is 18.7 Å². The van der Waals surface area contributed by atoms with E-state index in [0.717, 1.165) is 0 Å². The van der Waals surface area contributed by atoms with Crippen LogP contribution in [-0.4, -0.2) is 36.2 Å². The van der Waals surface area contributed by atoms with Crippen LogP contribution < -0.4 is 5.32 Å². The maximum atomic E-state index is 11.2. The summed E-state index contributed by atoms with van der Waals surface area (Å²) in [4.78, 5) is 0. The van der Waals surface area contributed by atoms with Crippen molar-refractivity contribution < 1.29 is 12.8 Å². The highest BCUT2D eigenvalue weighted by atomic mass is 35.5. The normalized spacial score (nSPS) is 20.8. The zero-order valence-electron chi connectivity index (χ0n) is 8.52. The van der Waals surface area contributed by atoms with E-state index in [9.17, 15) is 8.42 Å². The van der Waals surface area contributed by atoms with Crippen molar-refractivity contribution in [3.63, 3.8) is 0 Å². The minimum Gasteiger partial charge on any atom is -0.407 e. The molecule has 90 valence electrons. The van der Waals surface area contributed by atoms with Crippen LogP contribution in [0.5, 0.6) is 0 Å². The Kier molecular flexibility index (Phi) is 3.34. The smallest absolute Gasteiger partial charge is 0.315 e. The molecule has 0 amide bonds. The molecule has 2 heterocycles. The summed E-state index contributed by atoms with van der Waals surface area (Å²) in [5.41, 5.74) is 0. The topological polar surface area (TPSA) is 85.1 Å². The largest absolute Gasteiger partial charge is 0.407 e. The second-order valence-corrected chi connectivity index (χ2v) is 6.28. The summed E-state index contributed by atoms with van der Waals surface area (Å²) >= 11 is 5.52. The molecule has 1 fully saturated rings. The van der Waals surface area contributed by atoms with Crippen LogP contribution in [0.3, 0.4) is 0 Å². The molecule has 1 aliphatic heterocycles. The molecule has 0 bridgehead atoms. The fraction of sp³-hybridized carbons (Fsp3) is 0.750. The van der Waals surface area contributed by atoms with Gasteiger partial charge in [0, 0.05) is 6.04 Å². The third kappa shape index (κ3) is 2.85. The lowest BCUT2D eigenvalue weighted by atomic mass is 10.2. The Hall–Kier alpha value is -0.820. The Morgan fingerprint density at radius 2 is 2.06 bits per heavy atom. The van der Waals surface area contributed by atoms with Gasteiger partial charge in [-0.05, 0) is 12.8 Å². The van der Waals surface area contributed by atoms with Gasteiger partial charge in [0.05, 0.1) is 11.5 Å². The highest BCUT2D eigenvalue weighted by molar-refractivity contribution is 7.91. The second kappa shape index (κ2) is 4.58. The molecule has 1 aliphatic rings. The van der Waals surface area contributed by atoms with Crippen molar-refractivity contribution in [1.29, 1.82) is 0 Å². The predicted molar refractivity (Wildman–Crippen MR) is 59.2 cm³/mol. The molecular weight excluding hydrogens is 254 g/mol. The van der Waals surface area contributed by atoms with Gasteiger partial charge in [-0.3, -0.25) is 0 Å². The zero-order valence-corrected chi connectivity index (χ0v) is 10.1. The number of hydrogen-bond acceptors (Lipinski definition) is 6. The van der Waals surface area contributed by atoms with Crippen LogP contribution >= 0.6 is 11.6 Å². The highest BCUT2D eigenvalue weighted by Gasteiger charge is 2.24. The fourth-order valence-electron chi connectivity index (χ4n) is 1.57. The average Bonchev–Trinajstić information content (AvgIpc) is 2.69. The maximum Gasteiger partial charge on any atom is 0.315 e. The molecule has 0 saturated carbocycles. The second-order valence-electron chi connectivity index (χ2n) is 3.71. The number of anilines is 1. The van der Waals surface area contributed by atoms with Crippen molar-refractivity contribution in [2.24, 2.45) is 0 Å². The summed E-state index contributed by atoms with van der Waals surface area (Å²) in [6, 6.07) is 0.382. The molecule has 0 aliphatic carbocycles. The first kappa shape index (κ1) is 11.7. The van der Waals surface area contributed by atoms with E-state index in [1.165, 1.54) is 0 Å². The molecule has 16 heavy (non-hydrogen) atoms. The first-order valence-corrected chi connectivity index (χ1v) is 7.30. The lowest BCUT2D eigenvalue weighted by Crippen LogP contribution is -2.32. The van der Waals surface area contributed by atoms with Gasteiger partial charge < -0.3 is 9.73 Å². The van der Waals surface area contributed by atoms with E-state index < -0.39 is 9.84 Å². The van der Waals surface area contributed by atoms with E-state index in [1.807, 2.05) is 0 Å². The Balaban J connectivity index is 1.91. The SMILES string of the molecule is O=S1(=O)CCC(Nc2nnc(CCl)o2)CC1. The van der Waals surface area contributed by atoms with Crippen LogP contribution in [0.25, 0.3) is 0 Å². The Bertz CT molecular complexity index is 445. The number of nitrogens with one attached hydrogen (secondary N) is 1. The van der Waals surface area contributed by atoms with Gasteiger partial charge in [-0.15, -0.1) is 16.7 Å². The number of sulfone groups is 1. The van der Waals surface area contributed by atoms with E-state index >= 15 is 0 Å². The highest BCUT2D eigenvalue weighted by Crippen LogP contribution is 2.17. The van der Waals surface area contributed by atoms with Gasteiger partial charge in [0.1, 0.15) is 15.7 Å². The number of hydrogen-bond donors (Lipinski definition) is 1. The van der Waals surface area contributed by atoms with Gasteiger partial charge in [-0.25, -0.2) is 8.42 Å². The third-order valence-electron chi connectivity index (χ3n) is 2.46. The molecule has 1 aromatic rings. The minimum absolute atomic E-state index is 0.0761. The molecule has 1 N–H and O–H groups in total. The molecule has 0 spiro atoms. The van der Waals surface area contributed by atoms with Crippen molar-refractivity contribution in [2.75, 3.05) is 16.8 Å². The molecule has 0 radical (unpaired) electrons. The van der Waals surface area contributed by atoms with Crippen molar-refractivity contribution in [2.45, 2.75) is 24.8 Å². The standard InChI is InChI=1S/C8H12ClN3O3S/c9-5-7-11-12-8(15-7)10-6-1-3-16(13,14)4-2-6/h6H,1-5H2,(H,10,12). The van der Waals surface area contributed by atoms with Crippen molar-refractivity contribution >= 4 is 27.5 Å². The third-order valence-corrected chi connectivity index (χ3v) is 4.41. The van der Waals surface area contributed by atoms with Gasteiger partial charge in [-0.1, -0.05) is 5.10 Å². The van der Waals surface area contributed by atoms with Crippen LogP contribution in [-0.2, 0) is 15.7 Å². The number of nitrogens with zero attached hydrogens (tertiary/aromatic N) is 2. The summed E-state index contributed by atoms with van der Waals surface area (Å²) < 4.78 is 27.6. The van der Waals surface area contributed by atoms with Gasteiger partial charge >= 0.3 is 6.01 Å². The zero-order chi connectivity index (χ0) is 11.6. The van der Waals surface area contributed by atoms with Crippen molar-refractivity contribution in [3.05, 3.63) is 5.89 Å². The van der Waals surface area contributed by atoms with E-state index in [0.29, 0.717) is 24.7 Å². The molecule has 2 rings (SSSR count). The summed E-state index contributed by atoms with van der Waals surface area (Å²) in [5, 5.41) is 10.5. The Morgan fingerprint density at radius 1 is 1.38 bits per heavy atom. The molecule has 8 heteroatoms. The van der Waals surface area contributed by atoms with E-state index in [-0.39, 0.29) is 23.4 Å².